The van der Waals surface area contributed by atoms with Gasteiger partial charge in [-0.1, -0.05) is 74.0 Å². The van der Waals surface area contributed by atoms with Crippen molar-refractivity contribution in [2.24, 2.45) is 0 Å². The Labute approximate surface area is 183 Å². The summed E-state index contributed by atoms with van der Waals surface area (Å²) >= 11 is 0. The highest BCUT2D eigenvalue weighted by Gasteiger charge is 2.67. The van der Waals surface area contributed by atoms with E-state index in [2.05, 4.69) is 6.92 Å². The zero-order valence-electron chi connectivity index (χ0n) is 17.8. The van der Waals surface area contributed by atoms with Crippen molar-refractivity contribution < 1.29 is 28.8 Å². The van der Waals surface area contributed by atoms with E-state index in [4.69, 9.17) is 23.7 Å². The molecule has 6 heteroatoms. The second kappa shape index (κ2) is 8.98. The second-order valence-electron chi connectivity index (χ2n) is 8.55. The van der Waals surface area contributed by atoms with Crippen LogP contribution in [0.2, 0.25) is 0 Å². The van der Waals surface area contributed by atoms with Crippen molar-refractivity contribution in [2.75, 3.05) is 0 Å². The van der Waals surface area contributed by atoms with Crippen molar-refractivity contribution in [1.29, 1.82) is 0 Å². The van der Waals surface area contributed by atoms with Gasteiger partial charge in [0.2, 0.25) is 0 Å². The van der Waals surface area contributed by atoms with E-state index in [0.29, 0.717) is 19.6 Å². The molecule has 6 nitrogen and oxygen atoms in total. The average molecular weight is 427 g/mol. The third kappa shape index (κ3) is 4.16. The van der Waals surface area contributed by atoms with E-state index in [1.165, 1.54) is 0 Å². The molecule has 2 aromatic rings. The van der Waals surface area contributed by atoms with Crippen LogP contribution in [0.1, 0.15) is 37.3 Å². The molecule has 166 valence electrons. The maximum absolute atomic E-state index is 11.0. The number of ether oxygens (including phenoxy) is 5. The molecule has 3 saturated heterocycles. The van der Waals surface area contributed by atoms with Crippen molar-refractivity contribution >= 4 is 0 Å². The Morgan fingerprint density at radius 2 is 1.26 bits per heavy atom. The van der Waals surface area contributed by atoms with E-state index >= 15 is 0 Å². The number of rotatable bonds is 9. The summed E-state index contributed by atoms with van der Waals surface area (Å²) < 4.78 is 31.2. The van der Waals surface area contributed by atoms with Crippen LogP contribution < -0.4 is 0 Å². The summed E-state index contributed by atoms with van der Waals surface area (Å²) in [5.74, 6) is -1.12. The van der Waals surface area contributed by atoms with Gasteiger partial charge in [0.15, 0.2) is 0 Å². The minimum atomic E-state index is -1.12. The Hall–Kier alpha value is -1.80. The highest BCUT2D eigenvalue weighted by molar-refractivity contribution is 5.16. The number of aliphatic hydroxyl groups excluding tert-OH is 1. The smallest absolute Gasteiger partial charge is 0.284 e. The molecule has 3 aliphatic heterocycles. The molecule has 4 fully saturated rings. The van der Waals surface area contributed by atoms with Crippen molar-refractivity contribution in [3.63, 3.8) is 0 Å². The molecule has 4 bridgehead atoms. The lowest BCUT2D eigenvalue weighted by atomic mass is 9.81. The fourth-order valence-corrected chi connectivity index (χ4v) is 4.73. The molecule has 7 atom stereocenters. The molecule has 3 heterocycles. The molecule has 6 rings (SSSR count). The fourth-order valence-electron chi connectivity index (χ4n) is 4.73. The minimum Gasteiger partial charge on any atom is -0.387 e. The number of benzene rings is 2. The van der Waals surface area contributed by atoms with Crippen molar-refractivity contribution in [1.82, 2.24) is 0 Å². The van der Waals surface area contributed by atoms with Crippen molar-refractivity contribution in [3.05, 3.63) is 71.8 Å². The molecule has 0 aromatic heterocycles. The molecule has 1 saturated carbocycles. The number of aliphatic hydroxyl groups is 1. The van der Waals surface area contributed by atoms with Gasteiger partial charge in [0, 0.05) is 6.42 Å². The van der Waals surface area contributed by atoms with Crippen LogP contribution in [0.3, 0.4) is 0 Å². The first kappa shape index (κ1) is 21.1. The van der Waals surface area contributed by atoms with E-state index in [1.54, 1.807) is 0 Å². The summed E-state index contributed by atoms with van der Waals surface area (Å²) in [7, 11) is 0. The maximum atomic E-state index is 11.0. The summed E-state index contributed by atoms with van der Waals surface area (Å²) in [5.41, 5.74) is 2.12. The average Bonchev–Trinajstić information content (AvgIpc) is 2.81. The van der Waals surface area contributed by atoms with Crippen LogP contribution in [-0.4, -0.2) is 47.7 Å². The van der Waals surface area contributed by atoms with Crippen molar-refractivity contribution in [3.8, 4) is 0 Å². The first-order valence-corrected chi connectivity index (χ1v) is 11.2. The van der Waals surface area contributed by atoms with Gasteiger partial charge in [0.1, 0.15) is 36.6 Å². The van der Waals surface area contributed by atoms with Crippen LogP contribution in [0.4, 0.5) is 0 Å². The quantitative estimate of drug-likeness (QED) is 0.662. The van der Waals surface area contributed by atoms with E-state index in [1.807, 2.05) is 60.7 Å². The lowest BCUT2D eigenvalue weighted by molar-refractivity contribution is -0.543. The van der Waals surface area contributed by atoms with Gasteiger partial charge < -0.3 is 28.8 Å². The van der Waals surface area contributed by atoms with Gasteiger partial charge in [-0.25, -0.2) is 0 Å². The molecule has 1 N–H and O–H groups in total. The number of hydrogen-bond acceptors (Lipinski definition) is 6. The van der Waals surface area contributed by atoms with E-state index in [9.17, 15) is 5.11 Å². The maximum Gasteiger partial charge on any atom is 0.284 e. The number of hydrogen-bond donors (Lipinski definition) is 1. The van der Waals surface area contributed by atoms with Gasteiger partial charge in [-0.2, -0.15) is 0 Å². The van der Waals surface area contributed by atoms with Gasteiger partial charge in [0.05, 0.1) is 13.2 Å². The largest absolute Gasteiger partial charge is 0.387 e. The lowest BCUT2D eigenvalue weighted by Crippen LogP contribution is -2.79. The molecular formula is C25H30O6. The predicted molar refractivity (Wildman–Crippen MR) is 113 cm³/mol. The van der Waals surface area contributed by atoms with Gasteiger partial charge >= 0.3 is 0 Å². The van der Waals surface area contributed by atoms with Crippen LogP contribution in [0.5, 0.6) is 0 Å². The van der Waals surface area contributed by atoms with E-state index in [-0.39, 0.29) is 6.10 Å². The Balaban J connectivity index is 1.36. The van der Waals surface area contributed by atoms with Crippen LogP contribution in [0, 0.1) is 0 Å². The zero-order chi connectivity index (χ0) is 21.3. The Morgan fingerprint density at radius 1 is 0.774 bits per heavy atom. The summed E-state index contributed by atoms with van der Waals surface area (Å²) in [5, 5.41) is 11.0. The molecule has 0 spiro atoms. The Kier molecular flexibility index (Phi) is 6.10. The SMILES string of the molecule is CCCCC12OC3[C@H](OCc4ccccc4)[C@H](O1)C(O)[C@H](O2)[C@H]3OCc1ccccc1. The fraction of sp³-hybridized carbons (Fsp3) is 0.520. The summed E-state index contributed by atoms with van der Waals surface area (Å²) in [6.07, 6.45) is -0.561. The molecule has 2 aromatic carbocycles. The number of unbranched alkanes of at least 4 members (excludes halogenated alkanes) is 1. The molecule has 31 heavy (non-hydrogen) atoms. The van der Waals surface area contributed by atoms with Gasteiger partial charge in [0.25, 0.3) is 5.97 Å². The predicted octanol–water partition coefficient (Wildman–Crippen LogP) is 3.56. The highest BCUT2D eigenvalue weighted by atomic mass is 16.9. The summed E-state index contributed by atoms with van der Waals surface area (Å²) in [6, 6.07) is 20.0. The standard InChI is InChI=1S/C25H30O6/c1-2-3-14-25-29-20-19(26)21(30-25)23(28-16-18-12-8-5-9-13-18)24(31-25)22(20)27-15-17-10-6-4-7-11-17/h4-13,19-24,26H,2-3,14-16H2,1H3/t19?,20-,21+,22-,23-,24?,25?/m1/s1. The van der Waals surface area contributed by atoms with Crippen LogP contribution >= 0.6 is 0 Å². The molecule has 1 aliphatic carbocycles. The Morgan fingerprint density at radius 3 is 1.74 bits per heavy atom. The molecular weight excluding hydrogens is 396 g/mol. The van der Waals surface area contributed by atoms with E-state index in [0.717, 1.165) is 24.0 Å². The highest BCUT2D eigenvalue weighted by Crippen LogP contribution is 2.49. The minimum absolute atomic E-state index is 0.370. The van der Waals surface area contributed by atoms with Crippen LogP contribution in [-0.2, 0) is 36.9 Å². The molecule has 4 aliphatic rings. The third-order valence-electron chi connectivity index (χ3n) is 6.32. The summed E-state index contributed by atoms with van der Waals surface area (Å²) in [4.78, 5) is 0. The monoisotopic (exact) mass is 426 g/mol. The molecule has 3 unspecified atom stereocenters. The normalized spacial score (nSPS) is 36.1. The first-order chi connectivity index (χ1) is 15.2. The molecule has 0 radical (unpaired) electrons. The van der Waals surface area contributed by atoms with Gasteiger partial charge in [-0.05, 0) is 17.5 Å². The van der Waals surface area contributed by atoms with Gasteiger partial charge in [-0.15, -0.1) is 0 Å². The van der Waals surface area contributed by atoms with Gasteiger partial charge in [-0.3, -0.25) is 0 Å². The zero-order valence-corrected chi connectivity index (χ0v) is 17.8. The second-order valence-corrected chi connectivity index (χ2v) is 8.55. The van der Waals surface area contributed by atoms with E-state index < -0.39 is 36.5 Å². The third-order valence-corrected chi connectivity index (χ3v) is 6.32. The van der Waals surface area contributed by atoms with Crippen LogP contribution in [0.15, 0.2) is 60.7 Å². The van der Waals surface area contributed by atoms with Crippen molar-refractivity contribution in [2.45, 2.75) is 82.0 Å². The lowest BCUT2D eigenvalue weighted by Gasteiger charge is -2.62. The van der Waals surface area contributed by atoms with Crippen LogP contribution in [0.25, 0.3) is 0 Å². The topological polar surface area (TPSA) is 66.4 Å². The summed E-state index contributed by atoms with van der Waals surface area (Å²) in [6.45, 7) is 2.95. The molecule has 0 amide bonds. The first-order valence-electron chi connectivity index (χ1n) is 11.2. The Bertz CT molecular complexity index is 782.